The molecule has 1 heterocycles. The molecule has 2 aromatic rings. The molecule has 1 aromatic heterocycles. The van der Waals surface area contributed by atoms with Crippen LogP contribution in [0.5, 0.6) is 0 Å². The Bertz CT molecular complexity index is 879. The number of benzene rings is 1. The first-order valence-electron chi connectivity index (χ1n) is 7.42. The molecule has 9 heteroatoms. The zero-order chi connectivity index (χ0) is 18.6. The Kier molecular flexibility index (Phi) is 5.58. The molecular weight excluding hydrogens is 333 g/mol. The molecule has 25 heavy (non-hydrogen) atoms. The van der Waals surface area contributed by atoms with Crippen LogP contribution in [-0.4, -0.2) is 45.0 Å². The number of fused-ring (bicyclic) bond motifs is 1. The number of carboxylic acids is 1. The van der Waals surface area contributed by atoms with Gasteiger partial charge in [-0.05, 0) is 19.1 Å². The highest BCUT2D eigenvalue weighted by molar-refractivity contribution is 5.93. The van der Waals surface area contributed by atoms with E-state index in [0.29, 0.717) is 10.9 Å². The maximum absolute atomic E-state index is 12.5. The zero-order valence-corrected chi connectivity index (χ0v) is 13.3. The number of rotatable bonds is 7. The molecule has 0 spiro atoms. The number of carbonyl (C=O) groups excluding carboxylic acids is 2. The van der Waals surface area contributed by atoms with Gasteiger partial charge in [0.25, 0.3) is 5.56 Å². The Balaban J connectivity index is 2.27. The Labute approximate surface area is 141 Å². The van der Waals surface area contributed by atoms with Crippen molar-refractivity contribution in [3.05, 3.63) is 40.9 Å². The molecule has 0 fully saturated rings. The van der Waals surface area contributed by atoms with Crippen molar-refractivity contribution in [2.45, 2.75) is 25.4 Å². The second-order valence-electron chi connectivity index (χ2n) is 5.41. The maximum atomic E-state index is 12.5. The van der Waals surface area contributed by atoms with Gasteiger partial charge in [0.2, 0.25) is 5.91 Å². The van der Waals surface area contributed by atoms with Crippen molar-refractivity contribution in [2.24, 2.45) is 0 Å². The molecule has 1 amide bonds. The quantitative estimate of drug-likeness (QED) is 0.749. The summed E-state index contributed by atoms with van der Waals surface area (Å²) in [7, 11) is 0. The number of nitrogens with zero attached hydrogens (tertiary/aromatic N) is 2. The van der Waals surface area contributed by atoms with Gasteiger partial charge in [0.15, 0.2) is 5.78 Å². The van der Waals surface area contributed by atoms with E-state index in [4.69, 9.17) is 5.11 Å². The number of hydrogen-bond acceptors (Lipinski definition) is 5. The van der Waals surface area contributed by atoms with Gasteiger partial charge in [0, 0.05) is 0 Å². The van der Waals surface area contributed by atoms with Crippen LogP contribution in [0.3, 0.4) is 0 Å². The Hall–Kier alpha value is -3.10. The van der Waals surface area contributed by atoms with Crippen LogP contribution >= 0.6 is 0 Å². The lowest BCUT2D eigenvalue weighted by Gasteiger charge is -2.19. The lowest BCUT2D eigenvalue weighted by molar-refractivity contribution is -0.140. The van der Waals surface area contributed by atoms with E-state index < -0.39 is 48.4 Å². The van der Waals surface area contributed by atoms with Crippen LogP contribution in [0.4, 0.5) is 4.39 Å². The molecule has 8 nitrogen and oxygen atoms in total. The molecule has 0 saturated heterocycles. The highest BCUT2D eigenvalue weighted by Gasteiger charge is 2.26. The van der Waals surface area contributed by atoms with Gasteiger partial charge in [0.1, 0.15) is 18.8 Å². The number of nitrogens with one attached hydrogen (secondary N) is 1. The smallest absolute Gasteiger partial charge is 0.305 e. The number of amides is 1. The molecule has 0 radical (unpaired) electrons. The van der Waals surface area contributed by atoms with E-state index in [-0.39, 0.29) is 0 Å². The van der Waals surface area contributed by atoms with E-state index in [1.165, 1.54) is 13.3 Å². The van der Waals surface area contributed by atoms with Gasteiger partial charge < -0.3 is 10.4 Å². The van der Waals surface area contributed by atoms with Gasteiger partial charge in [-0.25, -0.2) is 9.37 Å². The van der Waals surface area contributed by atoms with E-state index in [1.54, 1.807) is 24.3 Å². The van der Waals surface area contributed by atoms with E-state index in [2.05, 4.69) is 10.3 Å². The fraction of sp³-hybridized carbons (Fsp3) is 0.312. The van der Waals surface area contributed by atoms with Crippen LogP contribution in [0.25, 0.3) is 10.9 Å². The fourth-order valence-corrected chi connectivity index (χ4v) is 2.29. The standard InChI is InChI=1S/C16H16FN3O5/c1-9(15(24)19-12(6-14(22)23)13(21)7-17)20-8-18-11-5-3-2-4-10(11)16(20)25/h2-5,8-9,12H,6-7H2,1H3,(H,19,24)(H,22,23)/t9-,12?/m0/s1. The number of para-hydroxylation sites is 1. The first kappa shape index (κ1) is 18.2. The molecule has 1 aromatic carbocycles. The van der Waals surface area contributed by atoms with Crippen LogP contribution in [0.15, 0.2) is 35.4 Å². The topological polar surface area (TPSA) is 118 Å². The number of carbonyl (C=O) groups is 3. The van der Waals surface area contributed by atoms with Gasteiger partial charge in [0.05, 0.1) is 23.7 Å². The summed E-state index contributed by atoms with van der Waals surface area (Å²) in [6.45, 7) is -0.00494. The molecule has 132 valence electrons. The first-order chi connectivity index (χ1) is 11.8. The van der Waals surface area contributed by atoms with E-state index in [1.807, 2.05) is 0 Å². The van der Waals surface area contributed by atoms with Crippen LogP contribution in [0, 0.1) is 0 Å². The fourth-order valence-electron chi connectivity index (χ4n) is 2.29. The van der Waals surface area contributed by atoms with Crippen molar-refractivity contribution < 1.29 is 23.9 Å². The van der Waals surface area contributed by atoms with Gasteiger partial charge in [-0.2, -0.15) is 0 Å². The summed E-state index contributed by atoms with van der Waals surface area (Å²) in [5.74, 6) is -3.19. The molecular formula is C16H16FN3O5. The molecule has 0 aliphatic heterocycles. The van der Waals surface area contributed by atoms with Gasteiger partial charge in [-0.15, -0.1) is 0 Å². The lowest BCUT2D eigenvalue weighted by atomic mass is 10.1. The van der Waals surface area contributed by atoms with Crippen molar-refractivity contribution in [1.82, 2.24) is 14.9 Å². The average Bonchev–Trinajstić information content (AvgIpc) is 2.60. The van der Waals surface area contributed by atoms with Gasteiger partial charge in [-0.3, -0.25) is 23.7 Å². The lowest BCUT2D eigenvalue weighted by Crippen LogP contribution is -2.46. The highest BCUT2D eigenvalue weighted by Crippen LogP contribution is 2.09. The third-order valence-corrected chi connectivity index (χ3v) is 3.70. The van der Waals surface area contributed by atoms with Crippen LogP contribution in [0.2, 0.25) is 0 Å². The predicted molar refractivity (Wildman–Crippen MR) is 85.9 cm³/mol. The van der Waals surface area contributed by atoms with Gasteiger partial charge >= 0.3 is 5.97 Å². The molecule has 0 aliphatic rings. The summed E-state index contributed by atoms with van der Waals surface area (Å²) in [6, 6.07) is 4.02. The predicted octanol–water partition coefficient (Wildman–Crippen LogP) is 0.456. The monoisotopic (exact) mass is 349 g/mol. The number of hydrogen-bond donors (Lipinski definition) is 2. The molecule has 0 saturated carbocycles. The summed E-state index contributed by atoms with van der Waals surface area (Å²) in [5.41, 5.74) is 0.00701. The number of halogens is 1. The van der Waals surface area contributed by atoms with Crippen molar-refractivity contribution in [3.63, 3.8) is 0 Å². The second-order valence-corrected chi connectivity index (χ2v) is 5.41. The Morgan fingerprint density at radius 3 is 2.64 bits per heavy atom. The summed E-state index contributed by atoms with van der Waals surface area (Å²) in [6.07, 6.45) is 0.449. The number of aliphatic carboxylic acids is 1. The maximum Gasteiger partial charge on any atom is 0.305 e. The molecule has 2 atom stereocenters. The highest BCUT2D eigenvalue weighted by atomic mass is 19.1. The second kappa shape index (κ2) is 7.65. The summed E-state index contributed by atoms with van der Waals surface area (Å²) in [4.78, 5) is 51.0. The summed E-state index contributed by atoms with van der Waals surface area (Å²) in [5, 5.41) is 11.3. The van der Waals surface area contributed by atoms with Crippen molar-refractivity contribution in [1.29, 1.82) is 0 Å². The van der Waals surface area contributed by atoms with Crippen molar-refractivity contribution in [2.75, 3.05) is 6.67 Å². The minimum absolute atomic E-state index is 0.312. The minimum Gasteiger partial charge on any atom is -0.481 e. The number of carboxylic acid groups (broad SMARTS) is 1. The van der Waals surface area contributed by atoms with Gasteiger partial charge in [-0.1, -0.05) is 12.1 Å². The Morgan fingerprint density at radius 2 is 2.00 bits per heavy atom. The van der Waals surface area contributed by atoms with Crippen LogP contribution in [0.1, 0.15) is 19.4 Å². The van der Waals surface area contributed by atoms with E-state index in [0.717, 1.165) is 4.57 Å². The number of Topliss-reactive ketones (excluding diaryl/α,β-unsaturated/α-hetero) is 1. The number of aromatic nitrogens is 2. The SMILES string of the molecule is C[C@@H](C(=O)NC(CC(=O)O)C(=O)CF)n1cnc2ccccc2c1=O. The van der Waals surface area contributed by atoms with Crippen LogP contribution < -0.4 is 10.9 Å². The zero-order valence-electron chi connectivity index (χ0n) is 13.3. The number of alkyl halides is 1. The van der Waals surface area contributed by atoms with Crippen LogP contribution in [-0.2, 0) is 14.4 Å². The third-order valence-electron chi connectivity index (χ3n) is 3.70. The van der Waals surface area contributed by atoms with E-state index in [9.17, 15) is 23.6 Å². The normalized spacial score (nSPS) is 13.2. The summed E-state index contributed by atoms with van der Waals surface area (Å²) >= 11 is 0. The van der Waals surface area contributed by atoms with E-state index >= 15 is 0 Å². The molecule has 2 N–H and O–H groups in total. The first-order valence-corrected chi connectivity index (χ1v) is 7.42. The number of ketones is 1. The molecule has 0 bridgehead atoms. The third kappa shape index (κ3) is 4.06. The average molecular weight is 349 g/mol. The molecule has 0 aliphatic carbocycles. The largest absolute Gasteiger partial charge is 0.481 e. The minimum atomic E-state index is -1.50. The Morgan fingerprint density at radius 1 is 1.32 bits per heavy atom. The molecule has 2 rings (SSSR count). The van der Waals surface area contributed by atoms with Crippen molar-refractivity contribution in [3.8, 4) is 0 Å². The van der Waals surface area contributed by atoms with Crippen molar-refractivity contribution >= 4 is 28.6 Å². The molecule has 1 unspecified atom stereocenters. The summed E-state index contributed by atoms with van der Waals surface area (Å²) < 4.78 is 13.6.